The van der Waals surface area contributed by atoms with Gasteiger partial charge in [-0.15, -0.1) is 5.10 Å². The Bertz CT molecular complexity index is 1850. The number of hydrogen-bond acceptors (Lipinski definition) is 20. The molecule has 71 heavy (non-hydrogen) atoms. The molecule has 0 aliphatic heterocycles. The third-order valence-corrected chi connectivity index (χ3v) is 10.7. The molecule has 3 N–H and O–H groups in total. The number of amides is 3. The number of carbonyl (C=O) groups is 10. The smallest absolute Gasteiger partial charge is 0.308 e. The highest BCUT2D eigenvalue weighted by Crippen LogP contribution is 2.21. The lowest BCUT2D eigenvalue weighted by Crippen LogP contribution is -2.49. The number of alkyl halides is 1. The third-order valence-electron chi connectivity index (χ3n) is 10.7. The largest absolute Gasteiger partial charge is 0.469 e. The van der Waals surface area contributed by atoms with Crippen molar-refractivity contribution in [3.63, 3.8) is 0 Å². The molecule has 1 aromatic rings. The molecule has 1 aromatic heterocycles. The molecule has 1 rings (SSSR count). The molecule has 0 aliphatic rings. The van der Waals surface area contributed by atoms with Crippen molar-refractivity contribution in [1.29, 1.82) is 0 Å². The maximum Gasteiger partial charge on any atom is 0.308 e. The van der Waals surface area contributed by atoms with E-state index in [0.29, 0.717) is 38.5 Å². The molecule has 5 atom stereocenters. The number of nitrogens with zero attached hydrogens (tertiary/aromatic N) is 3. The first-order valence-electron chi connectivity index (χ1n) is 23.4. The molecule has 0 fully saturated rings. The molecule has 0 spiro atoms. The van der Waals surface area contributed by atoms with E-state index in [4.69, 9.17) is 33.2 Å². The second-order valence-electron chi connectivity index (χ2n) is 16.6. The lowest BCUT2D eigenvalue weighted by molar-refractivity contribution is -0.145. The zero-order valence-electron chi connectivity index (χ0n) is 42.0. The number of hydrogen-bond donors (Lipinski definition) is 3. The van der Waals surface area contributed by atoms with Crippen LogP contribution < -0.4 is 16.0 Å². The van der Waals surface area contributed by atoms with E-state index in [2.05, 4.69) is 31.0 Å². The van der Waals surface area contributed by atoms with E-state index >= 15 is 0 Å². The molecule has 0 saturated heterocycles. The van der Waals surface area contributed by atoms with Crippen LogP contribution in [0.4, 0.5) is 4.39 Å². The fraction of sp³-hybridized carbons (Fsp3) is 0.739. The molecule has 0 bridgehead atoms. The molecule has 0 aliphatic carbocycles. The van der Waals surface area contributed by atoms with E-state index in [-0.39, 0.29) is 77.6 Å². The van der Waals surface area contributed by atoms with E-state index in [0.717, 1.165) is 21.3 Å². The van der Waals surface area contributed by atoms with Gasteiger partial charge in [0.1, 0.15) is 6.54 Å². The van der Waals surface area contributed by atoms with Crippen LogP contribution in [0.15, 0.2) is 6.20 Å². The summed E-state index contributed by atoms with van der Waals surface area (Å²) in [7, 11) is 4.61. The predicted octanol–water partition coefficient (Wildman–Crippen LogP) is 0.377. The highest BCUT2D eigenvalue weighted by Gasteiger charge is 2.35. The number of aryl methyl sites for hydroxylation is 1. The Hall–Kier alpha value is -5.79. The summed E-state index contributed by atoms with van der Waals surface area (Å²) in [5, 5.41) is 15.5. The van der Waals surface area contributed by atoms with Crippen LogP contribution >= 0.6 is 0 Å². The summed E-state index contributed by atoms with van der Waals surface area (Å²) in [6, 6.07) is -2.87. The third kappa shape index (κ3) is 28.0. The Morgan fingerprint density at radius 3 is 1.72 bits per heavy atom. The molecule has 0 radical (unpaired) electrons. The fourth-order valence-corrected chi connectivity index (χ4v) is 6.55. The lowest BCUT2D eigenvalue weighted by Gasteiger charge is -2.26. The average molecular weight is 1020 g/mol. The van der Waals surface area contributed by atoms with Crippen LogP contribution in [-0.4, -0.2) is 181 Å². The van der Waals surface area contributed by atoms with Crippen molar-refractivity contribution >= 4 is 58.9 Å². The van der Waals surface area contributed by atoms with E-state index in [1.165, 1.54) is 24.9 Å². The number of Topliss-reactive ketones (excluding diaryl/α,β-unsaturated/α-hetero) is 3. The Balaban J connectivity index is 2.90. The van der Waals surface area contributed by atoms with Crippen molar-refractivity contribution in [3.05, 3.63) is 11.9 Å². The summed E-state index contributed by atoms with van der Waals surface area (Å²) in [5.41, 5.74) is 0.452. The SMILES string of the molecule is COC(=O)CCOCCOCCOCCOCCNC(=O)[C@H](C)CC(=O)[C@H](CC(=O)OC)NC(=O)[C@@H](CC(=O)[C@H](CCC(=O)OC)NC(=O)[C@@H](CC(=O)Cn1cc(CCCF)nn1)CC(=O)OC)C(C)C. The van der Waals surface area contributed by atoms with Crippen molar-refractivity contribution in [1.82, 2.24) is 30.9 Å². The number of methoxy groups -OCH3 is 4. The highest BCUT2D eigenvalue weighted by atomic mass is 19.1. The average Bonchev–Trinajstić information content (AvgIpc) is 3.79. The summed E-state index contributed by atoms with van der Waals surface area (Å²) < 4.78 is 54.1. The van der Waals surface area contributed by atoms with Crippen molar-refractivity contribution in [3.8, 4) is 0 Å². The quantitative estimate of drug-likeness (QED) is 0.0453. The van der Waals surface area contributed by atoms with Crippen LogP contribution in [0.5, 0.6) is 0 Å². The van der Waals surface area contributed by atoms with Gasteiger partial charge in [0.25, 0.3) is 0 Å². The first-order valence-corrected chi connectivity index (χ1v) is 23.4. The molecule has 24 nitrogen and oxygen atoms in total. The normalized spacial score (nSPS) is 13.2. The van der Waals surface area contributed by atoms with Gasteiger partial charge in [-0.2, -0.15) is 0 Å². The van der Waals surface area contributed by atoms with Gasteiger partial charge in [0, 0.05) is 50.3 Å². The van der Waals surface area contributed by atoms with Gasteiger partial charge in [-0.3, -0.25) is 52.3 Å². The number of nitrogens with one attached hydrogen (secondary N) is 3. The Kier molecular flexibility index (Phi) is 33.0. The Morgan fingerprint density at radius 1 is 0.606 bits per heavy atom. The zero-order valence-corrected chi connectivity index (χ0v) is 42.0. The summed E-state index contributed by atoms with van der Waals surface area (Å²) >= 11 is 0. The molecule has 1 heterocycles. The Morgan fingerprint density at radius 2 is 1.14 bits per heavy atom. The van der Waals surface area contributed by atoms with Gasteiger partial charge in [-0.1, -0.05) is 26.0 Å². The fourth-order valence-electron chi connectivity index (χ4n) is 6.55. The molecule has 0 saturated carbocycles. The molecule has 0 aromatic carbocycles. The number of aromatic nitrogens is 3. The van der Waals surface area contributed by atoms with Crippen molar-refractivity contribution in [2.45, 2.75) is 104 Å². The van der Waals surface area contributed by atoms with Gasteiger partial charge in [0.05, 0.1) is 131 Å². The molecule has 25 heteroatoms. The van der Waals surface area contributed by atoms with Gasteiger partial charge in [-0.25, -0.2) is 4.68 Å². The zero-order chi connectivity index (χ0) is 53.1. The lowest BCUT2D eigenvalue weighted by atomic mass is 9.86. The number of halogens is 1. The van der Waals surface area contributed by atoms with Crippen molar-refractivity contribution in [2.24, 2.45) is 23.7 Å². The van der Waals surface area contributed by atoms with Gasteiger partial charge < -0.3 is 53.8 Å². The minimum atomic E-state index is -1.45. The second kappa shape index (κ2) is 37.1. The molecular weight excluding hydrogens is 944 g/mol. The van der Waals surface area contributed by atoms with Gasteiger partial charge in [0.15, 0.2) is 17.3 Å². The summed E-state index contributed by atoms with van der Waals surface area (Å²) in [6.45, 7) is 6.15. The standard InChI is InChI=1S/C46H73FN6O18/c1-30(2)35(26-39(56)36(10-11-40(57)64-4)49-45(62)32(25-42(59)66-6)24-34(54)29-53-28-33(51-52-53)9-8-13-47)46(63)50-37(27-43(60)67-7)38(55)23-31(3)44(61)48-14-16-69-18-20-71-22-21-70-19-17-68-15-12-41(58)65-5/h28,30-32,35-37H,8-27,29H2,1-7H3,(H,48,61)(H,49,62)(H,50,63)/t31-,32+,35+,36+,37+/m1/s1. The van der Waals surface area contributed by atoms with Crippen LogP contribution in [0.2, 0.25) is 0 Å². The monoisotopic (exact) mass is 1020 g/mol. The minimum Gasteiger partial charge on any atom is -0.469 e. The van der Waals surface area contributed by atoms with E-state index in [1.54, 1.807) is 13.8 Å². The van der Waals surface area contributed by atoms with E-state index in [1.807, 2.05) is 0 Å². The molecule has 0 unspecified atom stereocenters. The molecule has 3 amide bonds. The second-order valence-corrected chi connectivity index (χ2v) is 16.6. The first kappa shape index (κ1) is 63.2. The predicted molar refractivity (Wildman–Crippen MR) is 245 cm³/mol. The summed E-state index contributed by atoms with van der Waals surface area (Å²) in [4.78, 5) is 129. The summed E-state index contributed by atoms with van der Waals surface area (Å²) in [6.07, 6.45) is -1.04. The Labute approximate surface area is 413 Å². The van der Waals surface area contributed by atoms with Gasteiger partial charge in [-0.05, 0) is 25.2 Å². The number of rotatable bonds is 41. The van der Waals surface area contributed by atoms with E-state index in [9.17, 15) is 52.3 Å². The van der Waals surface area contributed by atoms with E-state index < -0.39 is 121 Å². The minimum absolute atomic E-state index is 0.114. The molecular formula is C46H73FN6O18. The topological polar surface area (TPSA) is 311 Å². The van der Waals surface area contributed by atoms with Crippen LogP contribution in [0.1, 0.15) is 84.3 Å². The summed E-state index contributed by atoms with van der Waals surface area (Å²) in [5.74, 6) is -10.8. The maximum absolute atomic E-state index is 14.0. The van der Waals surface area contributed by atoms with Crippen molar-refractivity contribution < 1.29 is 90.2 Å². The molecule has 402 valence electrons. The van der Waals surface area contributed by atoms with Crippen LogP contribution in [0.25, 0.3) is 0 Å². The van der Waals surface area contributed by atoms with Crippen LogP contribution in [0.3, 0.4) is 0 Å². The van der Waals surface area contributed by atoms with Crippen LogP contribution in [-0.2, 0) is 98.8 Å². The number of esters is 4. The highest BCUT2D eigenvalue weighted by molar-refractivity contribution is 5.98. The van der Waals surface area contributed by atoms with Gasteiger partial charge >= 0.3 is 23.9 Å². The number of ketones is 3. The number of ether oxygens (including phenoxy) is 8. The maximum atomic E-state index is 14.0. The van der Waals surface area contributed by atoms with Crippen LogP contribution in [0, 0.1) is 23.7 Å². The first-order chi connectivity index (χ1) is 33.9. The van der Waals surface area contributed by atoms with Gasteiger partial charge in [0.2, 0.25) is 17.7 Å². The van der Waals surface area contributed by atoms with Crippen molar-refractivity contribution in [2.75, 3.05) is 94.5 Å². The number of carbonyl (C=O) groups excluding carboxylic acids is 10.